The molecule has 2 aromatic carbocycles. The highest BCUT2D eigenvalue weighted by Gasteiger charge is 2.48. The van der Waals surface area contributed by atoms with Crippen molar-refractivity contribution in [1.29, 1.82) is 0 Å². The van der Waals surface area contributed by atoms with Crippen molar-refractivity contribution >= 4 is 61.2 Å². The maximum Gasteiger partial charge on any atom is 0.263 e. The number of furan rings is 1. The Balaban J connectivity index is 1.47. The number of hydrogen-bond acceptors (Lipinski definition) is 7. The van der Waals surface area contributed by atoms with Gasteiger partial charge in [0.15, 0.2) is 0 Å². The van der Waals surface area contributed by atoms with Gasteiger partial charge in [-0.05, 0) is 57.0 Å². The summed E-state index contributed by atoms with van der Waals surface area (Å²) in [5, 5.41) is 13.6. The lowest BCUT2D eigenvalue weighted by atomic mass is 9.88. The van der Waals surface area contributed by atoms with E-state index >= 15 is 0 Å². The van der Waals surface area contributed by atoms with E-state index in [9.17, 15) is 23.2 Å². The van der Waals surface area contributed by atoms with E-state index < -0.39 is 26.7 Å². The van der Waals surface area contributed by atoms with Crippen molar-refractivity contribution in [2.24, 2.45) is 5.92 Å². The van der Waals surface area contributed by atoms with Gasteiger partial charge in [-0.1, -0.05) is 19.3 Å². The van der Waals surface area contributed by atoms with Gasteiger partial charge in [-0.25, -0.2) is 13.9 Å². The van der Waals surface area contributed by atoms with Crippen molar-refractivity contribution in [3.05, 3.63) is 36.4 Å². The Hall–Kier alpha value is -2.60. The predicted molar refractivity (Wildman–Crippen MR) is 143 cm³/mol. The largest absolute Gasteiger partial charge is 0.456 e. The monoisotopic (exact) mass is 545 g/mol. The van der Waals surface area contributed by atoms with Gasteiger partial charge in [0.1, 0.15) is 17.2 Å². The van der Waals surface area contributed by atoms with Crippen LogP contribution in [0, 0.1) is 5.92 Å². The number of hydrogen-bond donors (Lipinski definition) is 3. The molecule has 1 atom stereocenters. The number of rotatable bonds is 5. The maximum atomic E-state index is 13.7. The predicted octanol–water partition coefficient (Wildman–Crippen LogP) is 4.49. The molecular weight excluding hydrogens is 514 g/mol. The van der Waals surface area contributed by atoms with Gasteiger partial charge in [-0.3, -0.25) is 14.8 Å². The normalized spacial score (nSPS) is 21.2. The van der Waals surface area contributed by atoms with Crippen LogP contribution < -0.4 is 10.8 Å². The molecule has 2 aliphatic rings. The lowest BCUT2D eigenvalue weighted by Gasteiger charge is -2.43. The molecule has 9 nitrogen and oxygen atoms in total. The van der Waals surface area contributed by atoms with E-state index in [1.807, 2.05) is 6.07 Å². The molecule has 0 bridgehead atoms. The van der Waals surface area contributed by atoms with E-state index in [1.54, 1.807) is 43.6 Å². The van der Waals surface area contributed by atoms with Crippen LogP contribution >= 0.6 is 11.8 Å². The zero-order valence-corrected chi connectivity index (χ0v) is 22.5. The van der Waals surface area contributed by atoms with Gasteiger partial charge in [0.25, 0.3) is 5.91 Å². The minimum absolute atomic E-state index is 0.0210. The Morgan fingerprint density at radius 2 is 1.78 bits per heavy atom. The molecule has 2 heterocycles. The minimum Gasteiger partial charge on any atom is -0.456 e. The topological polar surface area (TPSA) is 129 Å². The van der Waals surface area contributed by atoms with Crippen molar-refractivity contribution in [2.45, 2.75) is 61.6 Å². The second kappa shape index (κ2) is 9.94. The molecule has 2 amide bonds. The van der Waals surface area contributed by atoms with Gasteiger partial charge >= 0.3 is 0 Å². The van der Waals surface area contributed by atoms with E-state index in [1.165, 1.54) is 24.2 Å². The Morgan fingerprint density at radius 3 is 2.51 bits per heavy atom. The number of carbonyl (C=O) groups excluding carboxylic acids is 2. The summed E-state index contributed by atoms with van der Waals surface area (Å²) in [4.78, 5) is 25.2. The molecule has 2 fully saturated rings. The zero-order valence-electron chi connectivity index (χ0n) is 20.8. The summed E-state index contributed by atoms with van der Waals surface area (Å²) in [6, 6.07) is 8.92. The van der Waals surface area contributed by atoms with Gasteiger partial charge < -0.3 is 9.73 Å². The highest BCUT2D eigenvalue weighted by molar-refractivity contribution is 8.01. The highest BCUT2D eigenvalue weighted by Crippen LogP contribution is 2.39. The van der Waals surface area contributed by atoms with Crippen molar-refractivity contribution < 1.29 is 27.6 Å². The summed E-state index contributed by atoms with van der Waals surface area (Å²) in [7, 11) is -4.06. The fourth-order valence-corrected chi connectivity index (χ4v) is 8.59. The SMILES string of the molecule is CC1(C)SCCN(S(=O)(=O)c2ccc3oc4cc(NC(=O)C5CCCCC5)ccc4c3c2)C1C(=O)NO. The van der Waals surface area contributed by atoms with Crippen LogP contribution in [0.2, 0.25) is 0 Å². The fraction of sp³-hybridized carbons (Fsp3) is 0.462. The van der Waals surface area contributed by atoms with Crippen LogP contribution in [-0.4, -0.2) is 52.8 Å². The van der Waals surface area contributed by atoms with Gasteiger partial charge in [-0.15, -0.1) is 0 Å². The standard InChI is InChI=1S/C26H31N3O6S2/c1-26(2)23(25(31)28-32)29(12-13-36-26)37(33,34)18-9-11-21-20(15-18)19-10-8-17(14-22(19)35-21)27-24(30)16-6-4-3-5-7-16/h8-11,14-16,23,32H,3-7,12-13H2,1-2H3,(H,27,30)(H,28,31). The maximum absolute atomic E-state index is 13.7. The van der Waals surface area contributed by atoms with E-state index in [0.717, 1.165) is 35.4 Å². The number of carbonyl (C=O) groups is 2. The molecule has 0 spiro atoms. The Labute approximate surface area is 220 Å². The summed E-state index contributed by atoms with van der Waals surface area (Å²) in [6.45, 7) is 3.72. The lowest BCUT2D eigenvalue weighted by Crippen LogP contribution is -2.61. The molecule has 1 saturated carbocycles. The molecule has 37 heavy (non-hydrogen) atoms. The van der Waals surface area contributed by atoms with Gasteiger partial charge in [-0.2, -0.15) is 16.1 Å². The molecule has 0 radical (unpaired) electrons. The summed E-state index contributed by atoms with van der Waals surface area (Å²) >= 11 is 1.48. The molecule has 1 aliphatic heterocycles. The quantitative estimate of drug-likeness (QED) is 0.318. The van der Waals surface area contributed by atoms with Crippen LogP contribution in [0.3, 0.4) is 0 Å². The summed E-state index contributed by atoms with van der Waals surface area (Å²) in [5.74, 6) is -0.193. The molecule has 1 unspecified atom stereocenters. The number of anilines is 1. The molecule has 5 rings (SSSR count). The number of hydroxylamine groups is 1. The van der Waals surface area contributed by atoms with Gasteiger partial charge in [0, 0.05) is 45.5 Å². The highest BCUT2D eigenvalue weighted by atomic mass is 32.2. The zero-order chi connectivity index (χ0) is 26.4. The van der Waals surface area contributed by atoms with E-state index in [-0.39, 0.29) is 23.3 Å². The molecule has 1 saturated heterocycles. The van der Waals surface area contributed by atoms with Crippen LogP contribution in [0.5, 0.6) is 0 Å². The van der Waals surface area contributed by atoms with Crippen LogP contribution in [0.4, 0.5) is 5.69 Å². The number of sulfonamides is 1. The summed E-state index contributed by atoms with van der Waals surface area (Å²) in [6.07, 6.45) is 5.14. The Morgan fingerprint density at radius 1 is 1.03 bits per heavy atom. The first-order valence-corrected chi connectivity index (χ1v) is 14.9. The van der Waals surface area contributed by atoms with Crippen LogP contribution in [0.1, 0.15) is 46.0 Å². The molecule has 11 heteroatoms. The molecule has 1 aliphatic carbocycles. The van der Waals surface area contributed by atoms with E-state index in [4.69, 9.17) is 4.42 Å². The number of fused-ring (bicyclic) bond motifs is 3. The number of thioether (sulfide) groups is 1. The van der Waals surface area contributed by atoms with Crippen LogP contribution in [-0.2, 0) is 19.6 Å². The van der Waals surface area contributed by atoms with Crippen molar-refractivity contribution in [2.75, 3.05) is 17.6 Å². The Kier molecular flexibility index (Phi) is 6.99. The van der Waals surface area contributed by atoms with Crippen molar-refractivity contribution in [1.82, 2.24) is 9.79 Å². The molecule has 198 valence electrons. The first kappa shape index (κ1) is 26.0. The second-order valence-electron chi connectivity index (χ2n) is 10.2. The first-order valence-electron chi connectivity index (χ1n) is 12.5. The van der Waals surface area contributed by atoms with Gasteiger partial charge in [0.2, 0.25) is 15.9 Å². The molecule has 3 aromatic rings. The summed E-state index contributed by atoms with van der Waals surface area (Å²) < 4.78 is 33.8. The smallest absolute Gasteiger partial charge is 0.263 e. The number of nitrogens with zero attached hydrogens (tertiary/aromatic N) is 1. The molecule has 3 N–H and O–H groups in total. The molecule has 1 aromatic heterocycles. The third-order valence-corrected chi connectivity index (χ3v) is 10.6. The van der Waals surface area contributed by atoms with Crippen molar-refractivity contribution in [3.63, 3.8) is 0 Å². The van der Waals surface area contributed by atoms with Crippen LogP contribution in [0.15, 0.2) is 45.7 Å². The molecular formula is C26H31N3O6S2. The average molecular weight is 546 g/mol. The number of nitrogens with one attached hydrogen (secondary N) is 2. The third-order valence-electron chi connectivity index (χ3n) is 7.38. The minimum atomic E-state index is -4.06. The third kappa shape index (κ3) is 4.85. The fourth-order valence-electron chi connectivity index (χ4n) is 5.46. The van der Waals surface area contributed by atoms with Crippen molar-refractivity contribution in [3.8, 4) is 0 Å². The van der Waals surface area contributed by atoms with E-state index in [2.05, 4.69) is 5.32 Å². The lowest BCUT2D eigenvalue weighted by molar-refractivity contribution is -0.134. The summed E-state index contributed by atoms with van der Waals surface area (Å²) in [5.41, 5.74) is 3.33. The van der Waals surface area contributed by atoms with Crippen LogP contribution in [0.25, 0.3) is 21.9 Å². The number of benzene rings is 2. The van der Waals surface area contributed by atoms with E-state index in [0.29, 0.717) is 28.0 Å². The second-order valence-corrected chi connectivity index (χ2v) is 13.9. The average Bonchev–Trinajstić information content (AvgIpc) is 3.25. The number of amides is 2. The van der Waals surface area contributed by atoms with Gasteiger partial charge in [0.05, 0.1) is 4.90 Å². The Bertz CT molecular complexity index is 1460. The first-order chi connectivity index (χ1) is 17.6.